The van der Waals surface area contributed by atoms with Gasteiger partial charge in [0.25, 0.3) is 0 Å². The molecule has 2 aromatic carbocycles. The van der Waals surface area contributed by atoms with Crippen LogP contribution >= 0.6 is 0 Å². The molecule has 0 aliphatic carbocycles. The molecule has 340 valence electrons. The molecule has 1 N–H and O–H groups in total. The third-order valence-electron chi connectivity index (χ3n) is 14.3. The maximum Gasteiger partial charge on any atom is 0.238 e. The molecular weight excluding hydrogens is 873 g/mol. The van der Waals surface area contributed by atoms with E-state index in [0.29, 0.717) is 32.5 Å². The molecule has 4 aliphatic rings. The number of benzene rings is 2. The predicted octanol–water partition coefficient (Wildman–Crippen LogP) is 7.39. The maximum atomic E-state index is 14.1. The zero-order chi connectivity index (χ0) is 46.5. The van der Waals surface area contributed by atoms with Gasteiger partial charge in [-0.1, -0.05) is 60.7 Å². The van der Waals surface area contributed by atoms with Crippen molar-refractivity contribution in [3.63, 3.8) is 0 Å². The SMILES string of the molecule is CS(=O)(=O)N1CCC2(CC1)C(=O)N(Cc1ncc3ccccc3c1-c1cccnc1)c1cnccc12.O=C1N(Cc2ncc3ccccc3c2-c2cccnc2)c2cnccc2C12CCNCC2. The first-order valence-electron chi connectivity index (χ1n) is 22.9. The van der Waals surface area contributed by atoms with Gasteiger partial charge < -0.3 is 15.1 Å². The van der Waals surface area contributed by atoms with Crippen LogP contribution in [0.15, 0.2) is 147 Å². The molecule has 0 radical (unpaired) electrons. The minimum atomic E-state index is -3.31. The lowest BCUT2D eigenvalue weighted by Crippen LogP contribution is -2.49. The Morgan fingerprint density at radius 1 is 0.544 bits per heavy atom. The number of hydrogen-bond acceptors (Lipinski definition) is 11. The molecule has 68 heavy (non-hydrogen) atoms. The topological polar surface area (TPSA) is 167 Å². The molecule has 2 saturated heterocycles. The monoisotopic (exact) mass is 920 g/mol. The Morgan fingerprint density at radius 2 is 1.00 bits per heavy atom. The summed E-state index contributed by atoms with van der Waals surface area (Å²) < 4.78 is 25.7. The van der Waals surface area contributed by atoms with Crippen LogP contribution in [-0.4, -0.2) is 86.9 Å². The number of carbonyl (C=O) groups excluding carboxylic acids is 2. The van der Waals surface area contributed by atoms with Gasteiger partial charge in [0.15, 0.2) is 0 Å². The molecule has 0 unspecified atom stereocenters. The lowest BCUT2D eigenvalue weighted by Gasteiger charge is -2.37. The van der Waals surface area contributed by atoms with Crippen molar-refractivity contribution in [3.8, 4) is 22.3 Å². The lowest BCUT2D eigenvalue weighted by atomic mass is 9.74. The highest BCUT2D eigenvalue weighted by Crippen LogP contribution is 2.50. The van der Waals surface area contributed by atoms with E-state index in [9.17, 15) is 18.0 Å². The number of nitrogens with zero attached hydrogens (tertiary/aromatic N) is 9. The highest BCUT2D eigenvalue weighted by Gasteiger charge is 2.53. The minimum absolute atomic E-state index is 0.0225. The Bertz CT molecular complexity index is 3340. The highest BCUT2D eigenvalue weighted by molar-refractivity contribution is 7.88. The van der Waals surface area contributed by atoms with E-state index in [4.69, 9.17) is 9.97 Å². The molecule has 0 saturated carbocycles. The zero-order valence-electron chi connectivity index (χ0n) is 37.5. The van der Waals surface area contributed by atoms with Crippen LogP contribution < -0.4 is 15.1 Å². The number of piperidine rings is 2. The van der Waals surface area contributed by atoms with Crippen molar-refractivity contribution in [2.24, 2.45) is 0 Å². The molecule has 2 spiro atoms. The highest BCUT2D eigenvalue weighted by atomic mass is 32.2. The van der Waals surface area contributed by atoms with E-state index in [1.807, 2.05) is 96.5 Å². The van der Waals surface area contributed by atoms with Gasteiger partial charge in [0.05, 0.1) is 65.3 Å². The smallest absolute Gasteiger partial charge is 0.238 e. The molecule has 8 aromatic rings. The summed E-state index contributed by atoms with van der Waals surface area (Å²) in [6.45, 7) is 3.00. The summed E-state index contributed by atoms with van der Waals surface area (Å²) in [6, 6.07) is 28.1. The average molecular weight is 921 g/mol. The number of rotatable bonds is 7. The molecule has 12 rings (SSSR count). The van der Waals surface area contributed by atoms with Crippen LogP contribution in [0.3, 0.4) is 0 Å². The second-order valence-corrected chi connectivity index (χ2v) is 19.9. The summed E-state index contributed by atoms with van der Waals surface area (Å²) in [4.78, 5) is 58.6. The fourth-order valence-corrected chi connectivity index (χ4v) is 11.8. The number of carbonyl (C=O) groups is 2. The summed E-state index contributed by atoms with van der Waals surface area (Å²) in [5, 5.41) is 7.64. The number of hydrogen-bond donors (Lipinski definition) is 1. The van der Waals surface area contributed by atoms with Crippen LogP contribution in [0.4, 0.5) is 11.4 Å². The van der Waals surface area contributed by atoms with Gasteiger partial charge in [-0.3, -0.25) is 39.5 Å². The Kier molecular flexibility index (Phi) is 11.1. The van der Waals surface area contributed by atoms with Crippen LogP contribution in [0.5, 0.6) is 0 Å². The van der Waals surface area contributed by atoms with Crippen LogP contribution in [0.2, 0.25) is 0 Å². The Balaban J connectivity index is 0.000000150. The molecule has 14 nitrogen and oxygen atoms in total. The molecule has 10 heterocycles. The first-order chi connectivity index (χ1) is 33.2. The first-order valence-corrected chi connectivity index (χ1v) is 24.7. The number of amides is 2. The van der Waals surface area contributed by atoms with Gasteiger partial charge in [0.1, 0.15) is 0 Å². The van der Waals surface area contributed by atoms with Gasteiger partial charge in [-0.05, 0) is 84.9 Å². The summed E-state index contributed by atoms with van der Waals surface area (Å²) in [7, 11) is -3.31. The predicted molar refractivity (Wildman–Crippen MR) is 262 cm³/mol. The van der Waals surface area contributed by atoms with Crippen molar-refractivity contribution in [1.29, 1.82) is 0 Å². The van der Waals surface area contributed by atoms with Gasteiger partial charge in [-0.15, -0.1) is 0 Å². The van der Waals surface area contributed by atoms with Crippen LogP contribution in [0.1, 0.15) is 48.2 Å². The van der Waals surface area contributed by atoms with Crippen molar-refractivity contribution >= 4 is 54.8 Å². The normalized spacial score (nSPS) is 17.4. The standard InChI is InChI=1S/C27H25N5O3S.C26H23N5O/c1-36(34,35)31-13-9-27(10-14-31)22-8-12-29-17-24(22)32(26(27)33)18-23-25(20-6-4-11-28-15-20)21-7-3-2-5-19(21)16-30-23;32-25-26(8-12-27-13-9-26)21-7-11-29-16-23(21)31(25)17-22-24(19-5-3-10-28-14-19)20-6-2-1-4-18(20)15-30-22/h2-8,11-12,15-17H,9-10,13-14,18H2,1H3;1-7,10-11,14-16,27H,8-9,12-13,17H2. The molecule has 0 atom stereocenters. The zero-order valence-corrected chi connectivity index (χ0v) is 38.3. The van der Waals surface area contributed by atoms with Crippen molar-refractivity contribution < 1.29 is 18.0 Å². The van der Waals surface area contributed by atoms with Crippen molar-refractivity contribution in [2.45, 2.75) is 49.6 Å². The molecule has 2 amide bonds. The summed E-state index contributed by atoms with van der Waals surface area (Å²) in [5.41, 5.74) is 8.03. The van der Waals surface area contributed by atoms with Crippen LogP contribution in [0, 0.1) is 0 Å². The fraction of sp³-hybridized carbons (Fsp3) is 0.245. The number of aromatic nitrogens is 6. The fourth-order valence-electron chi connectivity index (χ4n) is 10.9. The van der Waals surface area contributed by atoms with E-state index in [1.165, 1.54) is 10.6 Å². The van der Waals surface area contributed by atoms with Gasteiger partial charge in [0.2, 0.25) is 21.8 Å². The number of fused-ring (bicyclic) bond motifs is 6. The second kappa shape index (κ2) is 17.4. The summed E-state index contributed by atoms with van der Waals surface area (Å²) in [6.07, 6.45) is 21.7. The quantitative estimate of drug-likeness (QED) is 0.169. The molecule has 0 bridgehead atoms. The van der Waals surface area contributed by atoms with E-state index in [-0.39, 0.29) is 18.4 Å². The van der Waals surface area contributed by atoms with E-state index < -0.39 is 20.9 Å². The average Bonchev–Trinajstić information content (AvgIpc) is 3.73. The number of anilines is 2. The van der Waals surface area contributed by atoms with Crippen LogP contribution in [-0.2, 0) is 43.5 Å². The third-order valence-corrected chi connectivity index (χ3v) is 15.6. The molecule has 6 aromatic heterocycles. The van der Waals surface area contributed by atoms with Gasteiger partial charge >= 0.3 is 0 Å². The number of sulfonamides is 1. The Hall–Kier alpha value is -7.33. The van der Waals surface area contributed by atoms with E-state index in [1.54, 1.807) is 35.9 Å². The summed E-state index contributed by atoms with van der Waals surface area (Å²) >= 11 is 0. The number of pyridine rings is 6. The summed E-state index contributed by atoms with van der Waals surface area (Å²) in [5.74, 6) is 0.139. The minimum Gasteiger partial charge on any atom is -0.317 e. The second-order valence-electron chi connectivity index (χ2n) is 18.0. The Morgan fingerprint density at radius 3 is 1.46 bits per heavy atom. The van der Waals surface area contributed by atoms with E-state index >= 15 is 0 Å². The van der Waals surface area contributed by atoms with Crippen molar-refractivity contribution in [3.05, 3.63) is 169 Å². The van der Waals surface area contributed by atoms with E-state index in [2.05, 4.69) is 49.5 Å². The van der Waals surface area contributed by atoms with Crippen molar-refractivity contribution in [1.82, 2.24) is 39.5 Å². The van der Waals surface area contributed by atoms with Gasteiger partial charge in [0, 0.05) is 95.7 Å². The van der Waals surface area contributed by atoms with Gasteiger partial charge in [-0.2, -0.15) is 0 Å². The lowest BCUT2D eigenvalue weighted by molar-refractivity contribution is -0.125. The third kappa shape index (κ3) is 7.37. The largest absolute Gasteiger partial charge is 0.317 e. The Labute approximate surface area is 394 Å². The molecule has 15 heteroatoms. The van der Waals surface area contributed by atoms with Crippen LogP contribution in [0.25, 0.3) is 43.8 Å². The molecule has 4 aliphatic heterocycles. The van der Waals surface area contributed by atoms with Crippen molar-refractivity contribution in [2.75, 3.05) is 42.2 Å². The maximum absolute atomic E-state index is 14.1. The molecular formula is C53H48N10O4S. The van der Waals surface area contributed by atoms with E-state index in [0.717, 1.165) is 104 Å². The molecule has 2 fully saturated rings. The number of nitrogens with one attached hydrogen (secondary N) is 1. The first kappa shape index (κ1) is 43.3. The van der Waals surface area contributed by atoms with Gasteiger partial charge in [-0.25, -0.2) is 12.7 Å².